The minimum absolute atomic E-state index is 0.0117. The second-order valence-corrected chi connectivity index (χ2v) is 13.4. The van der Waals surface area contributed by atoms with Crippen LogP contribution in [0.4, 0.5) is 4.79 Å². The van der Waals surface area contributed by atoms with Crippen molar-refractivity contribution in [3.63, 3.8) is 0 Å². The Balaban J connectivity index is 1.37. The summed E-state index contributed by atoms with van der Waals surface area (Å²) in [6.07, 6.45) is 2.47. The Hall–Kier alpha value is -4.13. The van der Waals surface area contributed by atoms with Crippen LogP contribution in [0.25, 0.3) is 0 Å². The minimum Gasteiger partial charge on any atom is -0.491 e. The molecule has 2 saturated heterocycles. The molecule has 2 heterocycles. The predicted molar refractivity (Wildman–Crippen MR) is 161 cm³/mol. The van der Waals surface area contributed by atoms with Crippen LogP contribution in [0, 0.1) is 5.92 Å². The highest BCUT2D eigenvalue weighted by atomic mass is 32.2. The number of fused-ring (bicyclic) bond motifs is 1. The molecule has 4 amide bonds. The van der Waals surface area contributed by atoms with E-state index in [9.17, 15) is 27.6 Å². The molecule has 2 aliphatic rings. The van der Waals surface area contributed by atoms with Crippen LogP contribution in [-0.2, 0) is 35.6 Å². The fourth-order valence-electron chi connectivity index (χ4n) is 5.58. The Kier molecular flexibility index (Phi) is 10.8. The maximum absolute atomic E-state index is 13.6. The number of amides is 4. The lowest BCUT2D eigenvalue weighted by Crippen LogP contribution is -2.56. The lowest BCUT2D eigenvalue weighted by atomic mass is 10.0. The van der Waals surface area contributed by atoms with Gasteiger partial charge < -0.3 is 30.3 Å². The van der Waals surface area contributed by atoms with Gasteiger partial charge in [-0.25, -0.2) is 13.2 Å². The molecule has 0 unspecified atom stereocenters. The number of carbonyl (C=O) groups excluding carboxylic acids is 4. The first-order valence-corrected chi connectivity index (χ1v) is 16.6. The molecule has 238 valence electrons. The van der Waals surface area contributed by atoms with E-state index in [0.717, 1.165) is 11.8 Å². The summed E-state index contributed by atoms with van der Waals surface area (Å²) >= 11 is 0. The molecule has 0 bridgehead atoms. The Morgan fingerprint density at radius 2 is 1.75 bits per heavy atom. The van der Waals surface area contributed by atoms with Gasteiger partial charge in [-0.1, -0.05) is 37.3 Å². The zero-order valence-electron chi connectivity index (χ0n) is 25.0. The summed E-state index contributed by atoms with van der Waals surface area (Å²) in [4.78, 5) is 54.8. The monoisotopic (exact) mass is 628 g/mol. The van der Waals surface area contributed by atoms with Crippen LogP contribution < -0.4 is 15.8 Å². The number of nitrogens with one attached hydrogen (secondary N) is 1. The van der Waals surface area contributed by atoms with Crippen molar-refractivity contribution in [3.8, 4) is 5.75 Å². The molecular weight excluding hydrogens is 588 g/mol. The first-order valence-electron chi connectivity index (χ1n) is 14.7. The van der Waals surface area contributed by atoms with E-state index in [1.807, 2.05) is 30.3 Å². The third-order valence-electron chi connectivity index (χ3n) is 7.96. The van der Waals surface area contributed by atoms with E-state index in [1.54, 1.807) is 16.7 Å². The van der Waals surface area contributed by atoms with Gasteiger partial charge in [0, 0.05) is 31.8 Å². The summed E-state index contributed by atoms with van der Waals surface area (Å²) in [7, 11) is -3.36. The largest absolute Gasteiger partial charge is 0.491 e. The van der Waals surface area contributed by atoms with Gasteiger partial charge in [0.1, 0.15) is 25.0 Å². The molecule has 0 saturated carbocycles. The van der Waals surface area contributed by atoms with Gasteiger partial charge in [0.2, 0.25) is 17.7 Å². The molecule has 3 N–H and O–H groups in total. The van der Waals surface area contributed by atoms with Crippen LogP contribution >= 0.6 is 0 Å². The Morgan fingerprint density at radius 1 is 1.05 bits per heavy atom. The van der Waals surface area contributed by atoms with Crippen molar-refractivity contribution >= 4 is 33.7 Å². The van der Waals surface area contributed by atoms with Crippen molar-refractivity contribution in [2.75, 3.05) is 26.0 Å². The SMILES string of the molecule is C[C@H]1CN(C(=O)OCc2ccccc2)CC[C@H]2CC[C@@H](C(=O)N[C@@H](CCC(N)=O)COc3ccc(S(C)(=O)=O)cc3)N2C1=O. The van der Waals surface area contributed by atoms with Gasteiger partial charge in [-0.2, -0.15) is 0 Å². The summed E-state index contributed by atoms with van der Waals surface area (Å²) in [6, 6.07) is 13.8. The molecule has 0 aromatic heterocycles. The highest BCUT2D eigenvalue weighted by Gasteiger charge is 2.44. The lowest BCUT2D eigenvalue weighted by Gasteiger charge is -2.37. The van der Waals surface area contributed by atoms with Crippen molar-refractivity contribution in [2.24, 2.45) is 11.7 Å². The number of primary amides is 1. The van der Waals surface area contributed by atoms with Crippen LogP contribution in [-0.4, -0.2) is 86.1 Å². The van der Waals surface area contributed by atoms with E-state index < -0.39 is 39.8 Å². The average Bonchev–Trinajstić information content (AvgIpc) is 3.42. The van der Waals surface area contributed by atoms with Crippen LogP contribution in [0.3, 0.4) is 0 Å². The van der Waals surface area contributed by atoms with Gasteiger partial charge in [-0.15, -0.1) is 0 Å². The number of carbonyl (C=O) groups is 4. The van der Waals surface area contributed by atoms with Gasteiger partial charge in [0.15, 0.2) is 9.84 Å². The molecule has 4 rings (SSSR count). The molecule has 2 fully saturated rings. The van der Waals surface area contributed by atoms with Crippen molar-refractivity contribution in [1.29, 1.82) is 0 Å². The minimum atomic E-state index is -3.36. The highest BCUT2D eigenvalue weighted by Crippen LogP contribution is 2.31. The molecule has 4 atom stereocenters. The van der Waals surface area contributed by atoms with Crippen LogP contribution in [0.1, 0.15) is 44.6 Å². The number of nitrogens with zero attached hydrogens (tertiary/aromatic N) is 2. The number of sulfone groups is 1. The molecule has 12 nitrogen and oxygen atoms in total. The van der Waals surface area contributed by atoms with E-state index in [1.165, 1.54) is 24.3 Å². The molecule has 0 aliphatic carbocycles. The molecule has 0 spiro atoms. The average molecular weight is 629 g/mol. The molecule has 2 aliphatic heterocycles. The van der Waals surface area contributed by atoms with E-state index in [4.69, 9.17) is 15.2 Å². The zero-order valence-corrected chi connectivity index (χ0v) is 25.8. The second-order valence-electron chi connectivity index (χ2n) is 11.4. The summed E-state index contributed by atoms with van der Waals surface area (Å²) in [5.74, 6) is -1.22. The number of benzene rings is 2. The molecular formula is C31H40N4O8S. The Morgan fingerprint density at radius 3 is 2.41 bits per heavy atom. The molecule has 2 aromatic carbocycles. The van der Waals surface area contributed by atoms with Crippen LogP contribution in [0.5, 0.6) is 5.75 Å². The zero-order chi connectivity index (χ0) is 31.9. The van der Waals surface area contributed by atoms with E-state index in [0.29, 0.717) is 31.6 Å². The molecule has 44 heavy (non-hydrogen) atoms. The second kappa shape index (κ2) is 14.6. The quantitative estimate of drug-likeness (QED) is 0.382. The molecule has 13 heteroatoms. The smallest absolute Gasteiger partial charge is 0.410 e. The maximum Gasteiger partial charge on any atom is 0.410 e. The Labute approximate surface area is 257 Å². The Bertz CT molecular complexity index is 1430. The third-order valence-corrected chi connectivity index (χ3v) is 9.09. The number of rotatable bonds is 11. The van der Waals surface area contributed by atoms with Crippen LogP contribution in [0.2, 0.25) is 0 Å². The summed E-state index contributed by atoms with van der Waals surface area (Å²) in [6.45, 7) is 2.47. The van der Waals surface area contributed by atoms with Gasteiger partial charge in [0.25, 0.3) is 0 Å². The van der Waals surface area contributed by atoms with Crippen molar-refractivity contribution < 1.29 is 37.1 Å². The fourth-order valence-corrected chi connectivity index (χ4v) is 6.21. The fraction of sp³-hybridized carbons (Fsp3) is 0.484. The molecule has 2 aromatic rings. The standard InChI is InChI=1S/C31H40N4O8S/c1-21-18-34(31(39)43-19-22-6-4-3-5-7-22)17-16-24-9-14-27(35(24)30(21)38)29(37)33-23(8-15-28(32)36)20-42-25-10-12-26(13-11-25)44(2,40)41/h3-7,10-13,21,23-24,27H,8-9,14-20H2,1-2H3,(H2,32,36)(H,33,37)/t21-,23-,24+,27-/m0/s1. The summed E-state index contributed by atoms with van der Waals surface area (Å²) in [5, 5.41) is 2.94. The van der Waals surface area contributed by atoms with Crippen molar-refractivity contribution in [1.82, 2.24) is 15.1 Å². The first-order chi connectivity index (χ1) is 20.9. The van der Waals surface area contributed by atoms with E-state index in [2.05, 4.69) is 5.32 Å². The number of hydrogen-bond acceptors (Lipinski definition) is 8. The summed E-state index contributed by atoms with van der Waals surface area (Å²) in [5.41, 5.74) is 6.23. The topological polar surface area (TPSA) is 165 Å². The van der Waals surface area contributed by atoms with Gasteiger partial charge in [-0.05, 0) is 55.5 Å². The van der Waals surface area contributed by atoms with Gasteiger partial charge in [-0.3, -0.25) is 14.4 Å². The third kappa shape index (κ3) is 8.71. The van der Waals surface area contributed by atoms with Crippen molar-refractivity contribution in [2.45, 2.75) is 68.7 Å². The number of nitrogens with two attached hydrogens (primary N) is 1. The van der Waals surface area contributed by atoms with Gasteiger partial charge in [0.05, 0.1) is 16.9 Å². The number of ether oxygens (including phenoxy) is 2. The highest BCUT2D eigenvalue weighted by molar-refractivity contribution is 7.90. The van der Waals surface area contributed by atoms with Crippen LogP contribution in [0.15, 0.2) is 59.5 Å². The number of hydrogen-bond donors (Lipinski definition) is 2. The van der Waals surface area contributed by atoms with Gasteiger partial charge >= 0.3 is 6.09 Å². The molecule has 0 radical (unpaired) electrons. The predicted octanol–water partition coefficient (Wildman–Crippen LogP) is 2.26. The lowest BCUT2D eigenvalue weighted by molar-refractivity contribution is -0.145. The van der Waals surface area contributed by atoms with Crippen molar-refractivity contribution in [3.05, 3.63) is 60.2 Å². The maximum atomic E-state index is 13.6. The van der Waals surface area contributed by atoms with E-state index >= 15 is 0 Å². The first kappa shape index (κ1) is 32.8. The van der Waals surface area contributed by atoms with E-state index in [-0.39, 0.29) is 55.4 Å². The normalized spacial score (nSPS) is 21.0. The summed E-state index contributed by atoms with van der Waals surface area (Å²) < 4.78 is 34.8.